The van der Waals surface area contributed by atoms with Crippen molar-refractivity contribution >= 4 is 5.91 Å². The Morgan fingerprint density at radius 1 is 1.57 bits per heavy atom. The summed E-state index contributed by atoms with van der Waals surface area (Å²) in [4.78, 5) is 9.65. The molecule has 0 aliphatic rings. The van der Waals surface area contributed by atoms with Crippen molar-refractivity contribution in [2.75, 3.05) is 7.05 Å². The first kappa shape index (κ1) is 15.6. The fourth-order valence-electron chi connectivity index (χ4n) is 0. The van der Waals surface area contributed by atoms with E-state index in [0.717, 1.165) is 0 Å². The van der Waals surface area contributed by atoms with Crippen LogP contribution in [0.25, 0.3) is 5.32 Å². The number of nitrogens with zero attached hydrogens (tertiary/aromatic N) is 1. The van der Waals surface area contributed by atoms with E-state index in [9.17, 15) is 4.79 Å². The van der Waals surface area contributed by atoms with Gasteiger partial charge in [0.25, 0.3) is 0 Å². The first-order valence-electron chi connectivity index (χ1n) is 1.37. The van der Waals surface area contributed by atoms with Crippen LogP contribution < -0.4 is 0 Å². The number of carbonyl (C=O) groups is 1. The molecule has 0 fully saturated rings. The Balaban J connectivity index is -0.0000000800. The average molecular weight is 176 g/mol. The zero-order valence-electron chi connectivity index (χ0n) is 4.93. The summed E-state index contributed by atoms with van der Waals surface area (Å²) in [5, 5.41) is 3.25. The molecule has 1 amide bonds. The SMILES string of the molecule is C[N-]C(C)=O.[CH3-].[Y]. The van der Waals surface area contributed by atoms with Gasteiger partial charge in [-0.3, -0.25) is 0 Å². The van der Waals surface area contributed by atoms with Gasteiger partial charge in [0, 0.05) is 38.6 Å². The fourth-order valence-corrected chi connectivity index (χ4v) is 0. The minimum Gasteiger partial charge on any atom is -0.656 e. The van der Waals surface area contributed by atoms with Gasteiger partial charge >= 0.3 is 0 Å². The third-order valence-electron chi connectivity index (χ3n) is 0.315. The predicted octanol–water partition coefficient (Wildman–Crippen LogP) is 0.984. The van der Waals surface area contributed by atoms with E-state index in [-0.39, 0.29) is 46.0 Å². The third kappa shape index (κ3) is 20.8. The van der Waals surface area contributed by atoms with Crippen molar-refractivity contribution in [3.05, 3.63) is 12.7 Å². The summed E-state index contributed by atoms with van der Waals surface area (Å²) in [5.41, 5.74) is 0. The Morgan fingerprint density at radius 3 is 1.71 bits per heavy atom. The van der Waals surface area contributed by atoms with Gasteiger partial charge in [-0.15, -0.1) is 7.05 Å². The van der Waals surface area contributed by atoms with E-state index in [0.29, 0.717) is 0 Å². The fraction of sp³-hybridized carbons (Fsp3) is 0.500. The summed E-state index contributed by atoms with van der Waals surface area (Å²) >= 11 is 0. The standard InChI is InChI=1S/C3H7NO.CH3.Y/c1-3(5)4-2;;/h1-2H3,(H,4,5);1H3;/q;-1;/p-1. The van der Waals surface area contributed by atoms with E-state index in [1.54, 1.807) is 0 Å². The van der Waals surface area contributed by atoms with Crippen LogP contribution in [0.2, 0.25) is 0 Å². The van der Waals surface area contributed by atoms with Crippen LogP contribution in [0.5, 0.6) is 0 Å². The average Bonchev–Trinajstić information content (AvgIpc) is 1.38. The van der Waals surface area contributed by atoms with Crippen LogP contribution in [-0.4, -0.2) is 13.0 Å². The largest absolute Gasteiger partial charge is 0.656 e. The van der Waals surface area contributed by atoms with Gasteiger partial charge in [0.2, 0.25) is 0 Å². The maximum Gasteiger partial charge on any atom is 0.0478 e. The molecular formula is C4H9NOY-2. The van der Waals surface area contributed by atoms with Crippen molar-refractivity contribution in [2.24, 2.45) is 0 Å². The van der Waals surface area contributed by atoms with Crippen LogP contribution in [0.4, 0.5) is 0 Å². The van der Waals surface area contributed by atoms with Gasteiger partial charge in [0.15, 0.2) is 0 Å². The van der Waals surface area contributed by atoms with Crippen molar-refractivity contribution < 1.29 is 37.5 Å². The van der Waals surface area contributed by atoms with Gasteiger partial charge in [-0.05, 0) is 6.92 Å². The van der Waals surface area contributed by atoms with E-state index in [2.05, 4.69) is 5.32 Å². The van der Waals surface area contributed by atoms with Gasteiger partial charge in [0.1, 0.15) is 0 Å². The van der Waals surface area contributed by atoms with Crippen molar-refractivity contribution in [3.8, 4) is 0 Å². The molecule has 0 aromatic carbocycles. The maximum atomic E-state index is 9.65. The molecule has 0 unspecified atom stereocenters. The number of amides is 1. The van der Waals surface area contributed by atoms with Crippen molar-refractivity contribution in [1.29, 1.82) is 0 Å². The molecule has 0 spiro atoms. The van der Waals surface area contributed by atoms with E-state index >= 15 is 0 Å². The molecule has 0 N–H and O–H groups in total. The van der Waals surface area contributed by atoms with Crippen molar-refractivity contribution in [3.63, 3.8) is 0 Å². The van der Waals surface area contributed by atoms with E-state index in [4.69, 9.17) is 0 Å². The molecular weight excluding hydrogens is 167 g/mol. The molecule has 0 saturated heterocycles. The van der Waals surface area contributed by atoms with E-state index in [1.807, 2.05) is 0 Å². The Hall–Kier alpha value is 0.574. The molecule has 0 aromatic heterocycles. The summed E-state index contributed by atoms with van der Waals surface area (Å²) in [6.45, 7) is 1.42. The molecule has 0 heterocycles. The summed E-state index contributed by atoms with van der Waals surface area (Å²) in [7, 11) is 1.47. The minimum absolute atomic E-state index is 0. The summed E-state index contributed by atoms with van der Waals surface area (Å²) in [6, 6.07) is 0. The van der Waals surface area contributed by atoms with Gasteiger partial charge in [-0.25, -0.2) is 0 Å². The number of rotatable bonds is 0. The molecule has 3 heteroatoms. The zero-order chi connectivity index (χ0) is 4.28. The second kappa shape index (κ2) is 9.76. The quantitative estimate of drug-likeness (QED) is 0.506. The second-order valence-corrected chi connectivity index (χ2v) is 0.743. The Labute approximate surface area is 69.9 Å². The smallest absolute Gasteiger partial charge is 0.0478 e. The summed E-state index contributed by atoms with van der Waals surface area (Å²) in [5.74, 6) is -0.120. The van der Waals surface area contributed by atoms with Gasteiger partial charge in [-0.1, -0.05) is 0 Å². The second-order valence-electron chi connectivity index (χ2n) is 0.743. The van der Waals surface area contributed by atoms with Crippen LogP contribution in [0.3, 0.4) is 0 Å². The zero-order valence-corrected chi connectivity index (χ0v) is 7.77. The molecule has 0 bridgehead atoms. The van der Waals surface area contributed by atoms with Crippen molar-refractivity contribution in [1.82, 2.24) is 0 Å². The number of hydrogen-bond acceptors (Lipinski definition) is 1. The molecule has 41 valence electrons. The van der Waals surface area contributed by atoms with E-state index < -0.39 is 0 Å². The Bertz CT molecular complexity index is 47.0. The Kier molecular flexibility index (Phi) is 21.8. The molecule has 1 radical (unpaired) electrons. The molecule has 2 nitrogen and oxygen atoms in total. The van der Waals surface area contributed by atoms with Crippen LogP contribution in [0.15, 0.2) is 0 Å². The molecule has 0 aromatic rings. The maximum absolute atomic E-state index is 9.65. The normalized spacial score (nSPS) is 4.86. The first-order chi connectivity index (χ1) is 2.27. The molecule has 0 aliphatic heterocycles. The monoisotopic (exact) mass is 176 g/mol. The van der Waals surface area contributed by atoms with Gasteiger partial charge in [0.05, 0.1) is 0 Å². The third-order valence-corrected chi connectivity index (χ3v) is 0.315. The molecule has 7 heavy (non-hydrogen) atoms. The molecule has 0 saturated carbocycles. The van der Waals surface area contributed by atoms with Crippen LogP contribution in [-0.2, 0) is 37.5 Å². The summed E-state index contributed by atoms with van der Waals surface area (Å²) < 4.78 is 0. The molecule has 0 rings (SSSR count). The first-order valence-corrected chi connectivity index (χ1v) is 1.37. The summed E-state index contributed by atoms with van der Waals surface area (Å²) in [6.07, 6.45) is 0. The minimum atomic E-state index is -0.120. The number of carbonyl (C=O) groups excluding carboxylic acids is 1. The molecule has 0 atom stereocenters. The van der Waals surface area contributed by atoms with Gasteiger partial charge < -0.3 is 17.5 Å². The Morgan fingerprint density at radius 2 is 1.71 bits per heavy atom. The topological polar surface area (TPSA) is 31.2 Å². The van der Waals surface area contributed by atoms with Crippen LogP contribution in [0, 0.1) is 7.43 Å². The van der Waals surface area contributed by atoms with E-state index in [1.165, 1.54) is 14.0 Å². The van der Waals surface area contributed by atoms with Crippen LogP contribution >= 0.6 is 0 Å². The molecule has 0 aliphatic carbocycles. The van der Waals surface area contributed by atoms with Crippen LogP contribution in [0.1, 0.15) is 6.92 Å². The van der Waals surface area contributed by atoms with Crippen molar-refractivity contribution in [2.45, 2.75) is 6.92 Å². The predicted molar refractivity (Wildman–Crippen MR) is 26.4 cm³/mol. The van der Waals surface area contributed by atoms with Gasteiger partial charge in [-0.2, -0.15) is 0 Å². The number of hydrogen-bond donors (Lipinski definition) is 0.